The summed E-state index contributed by atoms with van der Waals surface area (Å²) in [6, 6.07) is 6.10. The highest BCUT2D eigenvalue weighted by Gasteiger charge is 2.09. The molecule has 0 heterocycles. The Labute approximate surface area is 97.0 Å². The topological polar surface area (TPSA) is 47.3 Å². The van der Waals surface area contributed by atoms with Crippen LogP contribution in [0, 0.1) is 18.8 Å². The van der Waals surface area contributed by atoms with Gasteiger partial charge in [-0.3, -0.25) is 11.3 Å². The first-order valence-electron chi connectivity index (χ1n) is 5.23. The maximum Gasteiger partial charge on any atom is 0.121 e. The van der Waals surface area contributed by atoms with E-state index in [-0.39, 0.29) is 6.04 Å². The first-order valence-corrected chi connectivity index (χ1v) is 5.23. The quantitative estimate of drug-likeness (QED) is 0.461. The molecule has 0 saturated carbocycles. The van der Waals surface area contributed by atoms with E-state index in [1.54, 1.807) is 7.11 Å². The molecule has 0 radical (unpaired) electrons. The monoisotopic (exact) mass is 218 g/mol. The van der Waals surface area contributed by atoms with Crippen molar-refractivity contribution in [3.63, 3.8) is 0 Å². The fraction of sp³-hybridized carbons (Fsp3) is 0.385. The number of aryl methyl sites for hydroxylation is 1. The predicted octanol–water partition coefficient (Wildman–Crippen LogP) is 1.92. The molecule has 0 amide bonds. The van der Waals surface area contributed by atoms with Crippen molar-refractivity contribution in [2.24, 2.45) is 5.84 Å². The first-order chi connectivity index (χ1) is 7.72. The van der Waals surface area contributed by atoms with Crippen LogP contribution >= 0.6 is 0 Å². The van der Waals surface area contributed by atoms with Gasteiger partial charge in [-0.15, -0.1) is 11.8 Å². The van der Waals surface area contributed by atoms with Gasteiger partial charge in [0.2, 0.25) is 0 Å². The average molecular weight is 218 g/mol. The summed E-state index contributed by atoms with van der Waals surface area (Å²) >= 11 is 0. The van der Waals surface area contributed by atoms with E-state index in [1.807, 2.05) is 26.0 Å². The van der Waals surface area contributed by atoms with E-state index in [0.717, 1.165) is 16.9 Å². The van der Waals surface area contributed by atoms with E-state index in [2.05, 4.69) is 23.3 Å². The van der Waals surface area contributed by atoms with E-state index in [0.29, 0.717) is 6.42 Å². The molecule has 86 valence electrons. The van der Waals surface area contributed by atoms with Gasteiger partial charge >= 0.3 is 0 Å². The third-order valence-electron chi connectivity index (χ3n) is 2.51. The van der Waals surface area contributed by atoms with E-state index < -0.39 is 0 Å². The van der Waals surface area contributed by atoms with Gasteiger partial charge in [-0.05, 0) is 31.0 Å². The van der Waals surface area contributed by atoms with Crippen molar-refractivity contribution < 1.29 is 4.74 Å². The van der Waals surface area contributed by atoms with Crippen molar-refractivity contribution in [2.45, 2.75) is 26.3 Å². The lowest BCUT2D eigenvalue weighted by Gasteiger charge is -2.15. The van der Waals surface area contributed by atoms with Crippen molar-refractivity contribution in [1.82, 2.24) is 5.43 Å². The minimum absolute atomic E-state index is 0.0667. The molecule has 0 fully saturated rings. The largest absolute Gasteiger partial charge is 0.496 e. The molecule has 1 unspecified atom stereocenters. The Bertz CT molecular complexity index is 404. The van der Waals surface area contributed by atoms with Crippen molar-refractivity contribution in [2.75, 3.05) is 7.11 Å². The number of rotatable bonds is 4. The summed E-state index contributed by atoms with van der Waals surface area (Å²) in [4.78, 5) is 0. The molecule has 0 bridgehead atoms. The molecule has 1 aromatic rings. The van der Waals surface area contributed by atoms with Crippen LogP contribution in [-0.2, 0) is 0 Å². The molecule has 3 N–H and O–H groups in total. The van der Waals surface area contributed by atoms with Crippen molar-refractivity contribution in [1.29, 1.82) is 0 Å². The second-order valence-corrected chi connectivity index (χ2v) is 3.58. The van der Waals surface area contributed by atoms with Gasteiger partial charge in [-0.1, -0.05) is 12.1 Å². The second-order valence-electron chi connectivity index (χ2n) is 3.58. The maximum atomic E-state index is 5.52. The summed E-state index contributed by atoms with van der Waals surface area (Å²) in [7, 11) is 1.67. The van der Waals surface area contributed by atoms with E-state index in [1.165, 1.54) is 0 Å². The summed E-state index contributed by atoms with van der Waals surface area (Å²) in [5, 5.41) is 0. The lowest BCUT2D eigenvalue weighted by Crippen LogP contribution is -2.27. The molecule has 3 heteroatoms. The molecule has 16 heavy (non-hydrogen) atoms. The van der Waals surface area contributed by atoms with Crippen LogP contribution in [0.4, 0.5) is 0 Å². The Morgan fingerprint density at radius 3 is 2.75 bits per heavy atom. The number of hydrogen-bond donors (Lipinski definition) is 2. The molecule has 1 atom stereocenters. The Morgan fingerprint density at radius 1 is 1.50 bits per heavy atom. The molecular formula is C13H18N2O. The highest BCUT2D eigenvalue weighted by molar-refractivity contribution is 5.37. The number of hydrazine groups is 1. The van der Waals surface area contributed by atoms with E-state index in [4.69, 9.17) is 10.6 Å². The molecule has 1 rings (SSSR count). The minimum atomic E-state index is 0.0667. The molecule has 0 aliphatic rings. The summed E-state index contributed by atoms with van der Waals surface area (Å²) in [5.74, 6) is 12.3. The van der Waals surface area contributed by atoms with Crippen LogP contribution in [0.25, 0.3) is 0 Å². The number of hydrogen-bond acceptors (Lipinski definition) is 3. The highest BCUT2D eigenvalue weighted by atomic mass is 16.5. The van der Waals surface area contributed by atoms with Crippen LogP contribution in [0.15, 0.2) is 18.2 Å². The fourth-order valence-electron chi connectivity index (χ4n) is 1.60. The Balaban J connectivity index is 2.91. The van der Waals surface area contributed by atoms with Crippen molar-refractivity contribution in [3.8, 4) is 17.6 Å². The Morgan fingerprint density at radius 2 is 2.25 bits per heavy atom. The van der Waals surface area contributed by atoms with Crippen LogP contribution in [0.5, 0.6) is 5.75 Å². The SMILES string of the molecule is CC#CCC(NN)c1ccc(OC)c(C)c1. The maximum absolute atomic E-state index is 5.52. The van der Waals surface area contributed by atoms with Crippen LogP contribution in [0.2, 0.25) is 0 Å². The van der Waals surface area contributed by atoms with Crippen molar-refractivity contribution in [3.05, 3.63) is 29.3 Å². The lowest BCUT2D eigenvalue weighted by atomic mass is 10.0. The smallest absolute Gasteiger partial charge is 0.121 e. The van der Waals surface area contributed by atoms with Gasteiger partial charge < -0.3 is 4.74 Å². The van der Waals surface area contributed by atoms with E-state index in [9.17, 15) is 0 Å². The molecule has 3 nitrogen and oxygen atoms in total. The van der Waals surface area contributed by atoms with E-state index >= 15 is 0 Å². The summed E-state index contributed by atoms with van der Waals surface area (Å²) in [6.45, 7) is 3.84. The number of nitrogens with two attached hydrogens (primary N) is 1. The normalized spacial score (nSPS) is 11.5. The number of nitrogens with one attached hydrogen (secondary N) is 1. The van der Waals surface area contributed by atoms with Gasteiger partial charge in [0.25, 0.3) is 0 Å². The molecule has 0 aliphatic carbocycles. The van der Waals surface area contributed by atoms with Crippen LogP contribution < -0.4 is 16.0 Å². The Hall–Kier alpha value is -1.50. The molecule has 1 aromatic carbocycles. The molecule has 0 aromatic heterocycles. The van der Waals surface area contributed by atoms with Gasteiger partial charge in [0.15, 0.2) is 0 Å². The standard InChI is InChI=1S/C13H18N2O/c1-4-5-6-12(15-14)11-7-8-13(16-3)10(2)9-11/h7-9,12,15H,6,14H2,1-3H3. The predicted molar refractivity (Wildman–Crippen MR) is 65.9 cm³/mol. The van der Waals surface area contributed by atoms with Gasteiger partial charge in [-0.2, -0.15) is 0 Å². The van der Waals surface area contributed by atoms with Crippen LogP contribution in [-0.4, -0.2) is 7.11 Å². The van der Waals surface area contributed by atoms with Gasteiger partial charge in [0.05, 0.1) is 13.2 Å². The zero-order chi connectivity index (χ0) is 12.0. The third-order valence-corrected chi connectivity index (χ3v) is 2.51. The van der Waals surface area contributed by atoms with Crippen LogP contribution in [0.3, 0.4) is 0 Å². The van der Waals surface area contributed by atoms with Gasteiger partial charge in [0, 0.05) is 6.42 Å². The Kier molecular flexibility index (Phi) is 4.84. The highest BCUT2D eigenvalue weighted by Crippen LogP contribution is 2.23. The fourth-order valence-corrected chi connectivity index (χ4v) is 1.60. The lowest BCUT2D eigenvalue weighted by molar-refractivity contribution is 0.411. The molecule has 0 spiro atoms. The first kappa shape index (κ1) is 12.6. The van der Waals surface area contributed by atoms with Crippen LogP contribution in [0.1, 0.15) is 30.5 Å². The molecule has 0 saturated heterocycles. The summed E-state index contributed by atoms with van der Waals surface area (Å²) < 4.78 is 5.21. The van der Waals surface area contributed by atoms with Gasteiger partial charge in [-0.25, -0.2) is 0 Å². The summed E-state index contributed by atoms with van der Waals surface area (Å²) in [6.07, 6.45) is 0.707. The van der Waals surface area contributed by atoms with Crippen molar-refractivity contribution >= 4 is 0 Å². The zero-order valence-corrected chi connectivity index (χ0v) is 10.0. The summed E-state index contributed by atoms with van der Waals surface area (Å²) in [5.41, 5.74) is 5.00. The average Bonchev–Trinajstić information content (AvgIpc) is 2.30. The number of ether oxygens (including phenoxy) is 1. The molecule has 0 aliphatic heterocycles. The molecular weight excluding hydrogens is 200 g/mol. The number of benzene rings is 1. The minimum Gasteiger partial charge on any atom is -0.496 e. The van der Waals surface area contributed by atoms with Gasteiger partial charge in [0.1, 0.15) is 5.75 Å². The second kappa shape index (κ2) is 6.16. The zero-order valence-electron chi connectivity index (χ0n) is 10.0. The number of methoxy groups -OCH3 is 1. The third kappa shape index (κ3) is 2.99.